The van der Waals surface area contributed by atoms with Crippen LogP contribution in [0, 0.1) is 35.5 Å². The van der Waals surface area contributed by atoms with E-state index in [1.54, 1.807) is 0 Å². The zero-order chi connectivity index (χ0) is 12.3. The summed E-state index contributed by atoms with van der Waals surface area (Å²) in [7, 11) is 0. The van der Waals surface area contributed by atoms with Gasteiger partial charge in [0.2, 0.25) is 0 Å². The average molecular weight is 232 g/mol. The number of rotatable bonds is 2. The van der Waals surface area contributed by atoms with Crippen LogP contribution in [0.5, 0.6) is 0 Å². The molecule has 0 heterocycles. The maximum Gasteiger partial charge on any atom is 0.154 e. The summed E-state index contributed by atoms with van der Waals surface area (Å²) in [5.74, 6) is -0.391. The molecule has 6 atom stereocenters. The van der Waals surface area contributed by atoms with Crippen LogP contribution in [0.3, 0.4) is 0 Å². The lowest BCUT2D eigenvalue weighted by molar-refractivity contribution is -0.135. The topological polar surface area (TPSA) is 51.2 Å². The van der Waals surface area contributed by atoms with E-state index in [1.165, 1.54) is 13.8 Å². The molecule has 3 aliphatic carbocycles. The molecule has 2 fully saturated rings. The van der Waals surface area contributed by atoms with E-state index < -0.39 is 11.8 Å². The number of fused-ring (bicyclic) bond motifs is 5. The normalized spacial score (nSPS) is 46.4. The summed E-state index contributed by atoms with van der Waals surface area (Å²) in [6, 6.07) is 0. The van der Waals surface area contributed by atoms with Gasteiger partial charge in [-0.05, 0) is 43.9 Å². The van der Waals surface area contributed by atoms with E-state index >= 15 is 0 Å². The fourth-order valence-electron chi connectivity index (χ4n) is 4.35. The molecule has 0 aromatic heterocycles. The maximum absolute atomic E-state index is 12.3. The van der Waals surface area contributed by atoms with Crippen molar-refractivity contribution in [3.05, 3.63) is 12.2 Å². The predicted molar refractivity (Wildman–Crippen MR) is 61.1 cm³/mol. The molecule has 0 unspecified atom stereocenters. The van der Waals surface area contributed by atoms with Crippen LogP contribution in [-0.4, -0.2) is 17.3 Å². The van der Waals surface area contributed by atoms with Gasteiger partial charge in [-0.3, -0.25) is 14.4 Å². The summed E-state index contributed by atoms with van der Waals surface area (Å²) >= 11 is 0. The number of hydrogen-bond donors (Lipinski definition) is 0. The molecule has 90 valence electrons. The molecule has 0 amide bonds. The number of allylic oxidation sites excluding steroid dienone is 2. The first-order chi connectivity index (χ1) is 8.02. The molecule has 0 aromatic carbocycles. The molecule has 0 aliphatic heterocycles. The van der Waals surface area contributed by atoms with Crippen molar-refractivity contribution in [2.75, 3.05) is 0 Å². The number of hydrogen-bond acceptors (Lipinski definition) is 3. The van der Waals surface area contributed by atoms with Crippen molar-refractivity contribution in [1.82, 2.24) is 0 Å². The van der Waals surface area contributed by atoms with Gasteiger partial charge in [-0.1, -0.05) is 12.2 Å². The molecule has 0 aromatic rings. The Bertz CT molecular complexity index is 410. The van der Waals surface area contributed by atoms with Crippen molar-refractivity contribution < 1.29 is 14.4 Å². The number of ketones is 3. The van der Waals surface area contributed by atoms with Gasteiger partial charge in [0, 0.05) is 0 Å². The molecule has 3 aliphatic rings. The maximum atomic E-state index is 12.3. The molecular weight excluding hydrogens is 216 g/mol. The largest absolute Gasteiger partial charge is 0.299 e. The van der Waals surface area contributed by atoms with Crippen LogP contribution in [0.2, 0.25) is 0 Å². The Hall–Kier alpha value is -1.25. The number of carbonyl (C=O) groups excluding carboxylic acids is 3. The summed E-state index contributed by atoms with van der Waals surface area (Å²) in [6.07, 6.45) is 5.30. The zero-order valence-corrected chi connectivity index (χ0v) is 10.1. The Morgan fingerprint density at radius 3 is 1.76 bits per heavy atom. The third-order valence-electron chi connectivity index (χ3n) is 4.84. The lowest BCUT2D eigenvalue weighted by atomic mass is 9.78. The van der Waals surface area contributed by atoms with Crippen molar-refractivity contribution >= 4 is 17.3 Å². The Morgan fingerprint density at radius 2 is 1.41 bits per heavy atom. The van der Waals surface area contributed by atoms with Gasteiger partial charge < -0.3 is 0 Å². The second kappa shape index (κ2) is 3.37. The molecule has 3 nitrogen and oxygen atoms in total. The van der Waals surface area contributed by atoms with E-state index in [4.69, 9.17) is 0 Å². The fourth-order valence-corrected chi connectivity index (χ4v) is 4.35. The van der Waals surface area contributed by atoms with Gasteiger partial charge in [0.15, 0.2) is 5.78 Å². The van der Waals surface area contributed by atoms with Crippen LogP contribution in [-0.2, 0) is 14.4 Å². The van der Waals surface area contributed by atoms with Crippen LogP contribution < -0.4 is 0 Å². The quantitative estimate of drug-likeness (QED) is 0.534. The third kappa shape index (κ3) is 1.25. The first-order valence-corrected chi connectivity index (χ1v) is 6.25. The summed E-state index contributed by atoms with van der Waals surface area (Å²) in [4.78, 5) is 35.6. The van der Waals surface area contributed by atoms with Gasteiger partial charge in [0.05, 0.1) is 11.8 Å². The highest BCUT2D eigenvalue weighted by Gasteiger charge is 2.62. The highest BCUT2D eigenvalue weighted by molar-refractivity contribution is 6.13. The SMILES string of the molecule is CC(=O)[C@@H]1C(=O)[C@H](C(C)=O)[C@@H]2[C@@H]1[C@H]1C=C[C@H]2C1. The molecule has 0 spiro atoms. The smallest absolute Gasteiger partial charge is 0.154 e. The lowest BCUT2D eigenvalue weighted by Gasteiger charge is -2.24. The zero-order valence-electron chi connectivity index (χ0n) is 10.1. The van der Waals surface area contributed by atoms with Gasteiger partial charge in [0.25, 0.3) is 0 Å². The standard InChI is InChI=1S/C14H16O3/c1-6(15)10-12-8-3-4-9(5-8)13(12)11(7(2)16)14(10)17/h3-4,8-13H,5H2,1-2H3/t8-,9-,10-,11+,12+,13+/m0/s1. The second-order valence-corrected chi connectivity index (χ2v) is 5.68. The van der Waals surface area contributed by atoms with Crippen LogP contribution >= 0.6 is 0 Å². The molecule has 0 saturated heterocycles. The molecule has 0 radical (unpaired) electrons. The van der Waals surface area contributed by atoms with E-state index in [-0.39, 0.29) is 29.2 Å². The molecule has 0 N–H and O–H groups in total. The summed E-state index contributed by atoms with van der Waals surface area (Å²) in [6.45, 7) is 2.97. The van der Waals surface area contributed by atoms with Crippen LogP contribution in [0.15, 0.2) is 12.2 Å². The molecule has 3 rings (SSSR count). The van der Waals surface area contributed by atoms with Crippen LogP contribution in [0.1, 0.15) is 20.3 Å². The van der Waals surface area contributed by atoms with Crippen molar-refractivity contribution in [2.24, 2.45) is 35.5 Å². The third-order valence-corrected chi connectivity index (χ3v) is 4.84. The van der Waals surface area contributed by atoms with E-state index in [0.717, 1.165) is 6.42 Å². The van der Waals surface area contributed by atoms with Crippen molar-refractivity contribution in [3.63, 3.8) is 0 Å². The predicted octanol–water partition coefficient (Wildman–Crippen LogP) is 1.42. The van der Waals surface area contributed by atoms with Crippen molar-refractivity contribution in [2.45, 2.75) is 20.3 Å². The minimum atomic E-state index is -0.520. The number of carbonyl (C=O) groups is 3. The lowest BCUT2D eigenvalue weighted by Crippen LogP contribution is -2.28. The van der Waals surface area contributed by atoms with E-state index in [1.807, 2.05) is 0 Å². The van der Waals surface area contributed by atoms with Gasteiger partial charge in [-0.2, -0.15) is 0 Å². The van der Waals surface area contributed by atoms with Gasteiger partial charge >= 0.3 is 0 Å². The Balaban J connectivity index is 2.06. The van der Waals surface area contributed by atoms with Gasteiger partial charge in [-0.25, -0.2) is 0 Å². The number of Topliss-reactive ketones (excluding diaryl/α,β-unsaturated/α-hetero) is 3. The minimum Gasteiger partial charge on any atom is -0.299 e. The van der Waals surface area contributed by atoms with E-state index in [0.29, 0.717) is 11.8 Å². The van der Waals surface area contributed by atoms with Crippen LogP contribution in [0.4, 0.5) is 0 Å². The average Bonchev–Trinajstić information content (AvgIpc) is 2.84. The van der Waals surface area contributed by atoms with Crippen molar-refractivity contribution in [3.8, 4) is 0 Å². The first kappa shape index (κ1) is 10.9. The Morgan fingerprint density at radius 1 is 1.00 bits per heavy atom. The van der Waals surface area contributed by atoms with Gasteiger partial charge in [0.1, 0.15) is 11.6 Å². The Kier molecular flexibility index (Phi) is 2.16. The molecule has 2 saturated carbocycles. The first-order valence-electron chi connectivity index (χ1n) is 6.25. The summed E-state index contributed by atoms with van der Waals surface area (Å²) in [5, 5.41) is 0. The monoisotopic (exact) mass is 232 g/mol. The van der Waals surface area contributed by atoms with E-state index in [9.17, 15) is 14.4 Å². The molecule has 3 heteroatoms. The second-order valence-electron chi connectivity index (χ2n) is 5.68. The summed E-state index contributed by atoms with van der Waals surface area (Å²) in [5.41, 5.74) is 0. The van der Waals surface area contributed by atoms with Crippen molar-refractivity contribution in [1.29, 1.82) is 0 Å². The fraction of sp³-hybridized carbons (Fsp3) is 0.643. The highest BCUT2D eigenvalue weighted by Crippen LogP contribution is 2.58. The minimum absolute atomic E-state index is 0.0605. The highest BCUT2D eigenvalue weighted by atomic mass is 16.2. The summed E-state index contributed by atoms with van der Waals surface area (Å²) < 4.78 is 0. The van der Waals surface area contributed by atoms with Crippen LogP contribution in [0.25, 0.3) is 0 Å². The molecule has 17 heavy (non-hydrogen) atoms. The molecule has 2 bridgehead atoms. The van der Waals surface area contributed by atoms with Gasteiger partial charge in [-0.15, -0.1) is 0 Å². The van der Waals surface area contributed by atoms with E-state index in [2.05, 4.69) is 12.2 Å². The molecular formula is C14H16O3. The Labute approximate surface area is 100 Å².